The lowest BCUT2D eigenvalue weighted by atomic mass is 10.1. The topological polar surface area (TPSA) is 28.2 Å². The van der Waals surface area contributed by atoms with E-state index in [1.165, 1.54) is 18.4 Å². The highest BCUT2D eigenvalue weighted by molar-refractivity contribution is 5.42. The molecule has 0 aliphatic carbocycles. The number of hydrogen-bond acceptors (Lipinski definition) is 3. The number of unbranched alkanes of at least 4 members (excludes halogenated alkanes) is 1. The fourth-order valence-corrected chi connectivity index (χ4v) is 2.20. The highest BCUT2D eigenvalue weighted by Gasteiger charge is 2.15. The third kappa shape index (κ3) is 6.47. The van der Waals surface area contributed by atoms with Crippen LogP contribution in [-0.2, 0) is 6.54 Å². The first kappa shape index (κ1) is 18.0. The average molecular weight is 291 g/mol. The van der Waals surface area contributed by atoms with Crippen LogP contribution in [0.15, 0.2) is 18.3 Å². The highest BCUT2D eigenvalue weighted by Crippen LogP contribution is 2.18. The van der Waals surface area contributed by atoms with Crippen LogP contribution in [0.3, 0.4) is 0 Å². The Hall–Kier alpha value is -1.09. The van der Waals surface area contributed by atoms with Crippen molar-refractivity contribution in [2.24, 2.45) is 0 Å². The Morgan fingerprint density at radius 2 is 2.00 bits per heavy atom. The van der Waals surface area contributed by atoms with Gasteiger partial charge in [0.25, 0.3) is 0 Å². The van der Waals surface area contributed by atoms with Crippen molar-refractivity contribution in [2.45, 2.75) is 78.9 Å². The molecule has 0 spiro atoms. The van der Waals surface area contributed by atoms with E-state index in [0.29, 0.717) is 6.04 Å². The molecule has 0 amide bonds. The molecule has 0 bridgehead atoms. The molecule has 0 fully saturated rings. The van der Waals surface area contributed by atoms with E-state index in [4.69, 9.17) is 0 Å². The summed E-state index contributed by atoms with van der Waals surface area (Å²) in [7, 11) is 0. The molecule has 3 nitrogen and oxygen atoms in total. The monoisotopic (exact) mass is 291 g/mol. The standard InChI is InChI=1S/C18H33N3/c1-7-9-12-21(15(3)8-2)17-13-16(10-11-19-17)14-20-18(4,5)6/h10-11,13,15,20H,7-9,12,14H2,1-6H3. The van der Waals surface area contributed by atoms with Crippen LogP contribution in [0.2, 0.25) is 0 Å². The van der Waals surface area contributed by atoms with Crippen molar-refractivity contribution in [3.8, 4) is 0 Å². The molecule has 0 aliphatic rings. The van der Waals surface area contributed by atoms with E-state index < -0.39 is 0 Å². The van der Waals surface area contributed by atoms with Crippen molar-refractivity contribution in [1.29, 1.82) is 0 Å². The third-order valence-electron chi connectivity index (χ3n) is 3.80. The molecular formula is C18H33N3. The highest BCUT2D eigenvalue weighted by atomic mass is 15.2. The summed E-state index contributed by atoms with van der Waals surface area (Å²) in [6, 6.07) is 4.88. The van der Waals surface area contributed by atoms with Gasteiger partial charge in [-0.3, -0.25) is 0 Å². The van der Waals surface area contributed by atoms with E-state index >= 15 is 0 Å². The molecule has 3 heteroatoms. The summed E-state index contributed by atoms with van der Waals surface area (Å²) in [5.41, 5.74) is 1.45. The van der Waals surface area contributed by atoms with Crippen molar-refractivity contribution in [3.05, 3.63) is 23.9 Å². The van der Waals surface area contributed by atoms with Gasteiger partial charge in [0.05, 0.1) is 0 Å². The van der Waals surface area contributed by atoms with Crippen molar-refractivity contribution in [2.75, 3.05) is 11.4 Å². The summed E-state index contributed by atoms with van der Waals surface area (Å²) >= 11 is 0. The lowest BCUT2D eigenvalue weighted by Crippen LogP contribution is -2.36. The van der Waals surface area contributed by atoms with Crippen LogP contribution in [-0.4, -0.2) is 23.1 Å². The molecule has 120 valence electrons. The minimum atomic E-state index is 0.141. The first-order valence-corrected chi connectivity index (χ1v) is 8.34. The van der Waals surface area contributed by atoms with Crippen LogP contribution in [0.4, 0.5) is 5.82 Å². The molecule has 0 radical (unpaired) electrons. The quantitative estimate of drug-likeness (QED) is 0.770. The van der Waals surface area contributed by atoms with Gasteiger partial charge < -0.3 is 10.2 Å². The van der Waals surface area contributed by atoms with E-state index in [2.05, 4.69) is 68.9 Å². The fourth-order valence-electron chi connectivity index (χ4n) is 2.20. The van der Waals surface area contributed by atoms with Crippen molar-refractivity contribution >= 4 is 5.82 Å². The summed E-state index contributed by atoms with van der Waals surface area (Å²) in [5, 5.41) is 3.54. The van der Waals surface area contributed by atoms with Crippen LogP contribution in [0.1, 0.15) is 66.4 Å². The lowest BCUT2D eigenvalue weighted by molar-refractivity contribution is 0.424. The summed E-state index contributed by atoms with van der Waals surface area (Å²) in [6.07, 6.45) is 5.53. The van der Waals surface area contributed by atoms with Gasteiger partial charge in [-0.2, -0.15) is 0 Å². The fraction of sp³-hybridized carbons (Fsp3) is 0.722. The van der Waals surface area contributed by atoms with Gasteiger partial charge >= 0.3 is 0 Å². The normalized spacial score (nSPS) is 13.2. The van der Waals surface area contributed by atoms with Crippen LogP contribution in [0.25, 0.3) is 0 Å². The zero-order valence-electron chi connectivity index (χ0n) is 14.7. The summed E-state index contributed by atoms with van der Waals surface area (Å²) in [5.74, 6) is 1.12. The molecule has 1 atom stereocenters. The Morgan fingerprint density at radius 1 is 1.29 bits per heavy atom. The SMILES string of the molecule is CCCCN(c1cc(CNC(C)(C)C)ccn1)C(C)CC. The minimum Gasteiger partial charge on any atom is -0.354 e. The second-order valence-corrected chi connectivity index (χ2v) is 6.93. The van der Waals surface area contributed by atoms with E-state index in [-0.39, 0.29) is 5.54 Å². The van der Waals surface area contributed by atoms with Gasteiger partial charge in [-0.05, 0) is 58.2 Å². The van der Waals surface area contributed by atoms with Gasteiger partial charge in [0.15, 0.2) is 0 Å². The maximum atomic E-state index is 4.60. The van der Waals surface area contributed by atoms with Crippen LogP contribution in [0, 0.1) is 0 Å². The van der Waals surface area contributed by atoms with E-state index in [1.807, 2.05) is 6.20 Å². The van der Waals surface area contributed by atoms with Crippen LogP contribution in [0.5, 0.6) is 0 Å². The van der Waals surface area contributed by atoms with Gasteiger partial charge in [-0.15, -0.1) is 0 Å². The second kappa shape index (κ2) is 8.38. The number of pyridine rings is 1. The van der Waals surface area contributed by atoms with Gasteiger partial charge in [-0.25, -0.2) is 4.98 Å². The number of anilines is 1. The number of rotatable bonds is 8. The number of nitrogens with zero attached hydrogens (tertiary/aromatic N) is 2. The molecule has 1 aromatic heterocycles. The van der Waals surface area contributed by atoms with Gasteiger partial charge in [0.2, 0.25) is 0 Å². The maximum absolute atomic E-state index is 4.60. The van der Waals surface area contributed by atoms with Gasteiger partial charge in [0.1, 0.15) is 5.82 Å². The van der Waals surface area contributed by atoms with E-state index in [9.17, 15) is 0 Å². The van der Waals surface area contributed by atoms with Crippen LogP contribution >= 0.6 is 0 Å². The first-order valence-electron chi connectivity index (χ1n) is 8.34. The molecule has 1 rings (SSSR count). The van der Waals surface area contributed by atoms with Gasteiger partial charge in [0, 0.05) is 30.9 Å². The third-order valence-corrected chi connectivity index (χ3v) is 3.80. The predicted molar refractivity (Wildman–Crippen MR) is 92.8 cm³/mol. The largest absolute Gasteiger partial charge is 0.354 e. The number of hydrogen-bond donors (Lipinski definition) is 1. The Balaban J connectivity index is 2.83. The molecule has 0 saturated heterocycles. The summed E-state index contributed by atoms with van der Waals surface area (Å²) < 4.78 is 0. The molecular weight excluding hydrogens is 258 g/mol. The zero-order valence-corrected chi connectivity index (χ0v) is 14.7. The van der Waals surface area contributed by atoms with Crippen LogP contribution < -0.4 is 10.2 Å². The van der Waals surface area contributed by atoms with Gasteiger partial charge in [-0.1, -0.05) is 20.3 Å². The number of aromatic nitrogens is 1. The molecule has 0 aliphatic heterocycles. The minimum absolute atomic E-state index is 0.141. The maximum Gasteiger partial charge on any atom is 0.129 e. The molecule has 1 heterocycles. The summed E-state index contributed by atoms with van der Waals surface area (Å²) in [6.45, 7) is 15.3. The molecule has 1 aromatic rings. The Bertz CT molecular complexity index is 409. The average Bonchev–Trinajstić information content (AvgIpc) is 2.45. The second-order valence-electron chi connectivity index (χ2n) is 6.93. The lowest BCUT2D eigenvalue weighted by Gasteiger charge is -2.30. The Kier molecular flexibility index (Phi) is 7.16. The zero-order chi connectivity index (χ0) is 15.9. The molecule has 0 saturated carbocycles. The Labute approximate surface area is 131 Å². The predicted octanol–water partition coefficient (Wildman–Crippen LogP) is 4.37. The van der Waals surface area contributed by atoms with Crippen molar-refractivity contribution in [3.63, 3.8) is 0 Å². The van der Waals surface area contributed by atoms with E-state index in [0.717, 1.165) is 25.3 Å². The smallest absolute Gasteiger partial charge is 0.129 e. The molecule has 0 aromatic carbocycles. The number of nitrogens with one attached hydrogen (secondary N) is 1. The molecule has 1 unspecified atom stereocenters. The van der Waals surface area contributed by atoms with Crippen molar-refractivity contribution < 1.29 is 0 Å². The Morgan fingerprint density at radius 3 is 2.57 bits per heavy atom. The van der Waals surface area contributed by atoms with E-state index in [1.54, 1.807) is 0 Å². The first-order chi connectivity index (χ1) is 9.87. The summed E-state index contributed by atoms with van der Waals surface area (Å²) in [4.78, 5) is 7.05. The van der Waals surface area contributed by atoms with Crippen molar-refractivity contribution in [1.82, 2.24) is 10.3 Å². The molecule has 1 N–H and O–H groups in total. The molecule has 21 heavy (non-hydrogen) atoms.